The van der Waals surface area contributed by atoms with Crippen LogP contribution in [-0.4, -0.2) is 15.2 Å². The van der Waals surface area contributed by atoms with Gasteiger partial charge in [-0.05, 0) is 55.2 Å². The molecule has 0 saturated carbocycles. The Morgan fingerprint density at radius 2 is 1.36 bits per heavy atom. The Hall–Kier alpha value is -3.14. The summed E-state index contributed by atoms with van der Waals surface area (Å²) in [6, 6.07) is 16.8. The van der Waals surface area contributed by atoms with Gasteiger partial charge in [-0.15, -0.1) is 13.2 Å². The number of aromatic amines is 1. The second-order valence-corrected chi connectivity index (χ2v) is 5.86. The number of hydrogen-bond donors (Lipinski definition) is 1. The summed E-state index contributed by atoms with van der Waals surface area (Å²) in [4.78, 5) is 6.57. The standard InChI is InChI=1S/C21H22N4/c1-4-6-17-8-12-19(13-9-17)25(21-22-16(3)23-24-21)20-14-10-18(7-5-2)11-15-20/h4-5,8-15H,1-2,6-7H2,3H3,(H,22,23,24). The average molecular weight is 330 g/mol. The molecule has 0 aliphatic carbocycles. The highest BCUT2D eigenvalue weighted by Gasteiger charge is 2.15. The minimum absolute atomic E-state index is 0.699. The molecule has 0 saturated heterocycles. The first-order valence-electron chi connectivity index (χ1n) is 8.30. The van der Waals surface area contributed by atoms with Crippen molar-refractivity contribution < 1.29 is 0 Å². The van der Waals surface area contributed by atoms with E-state index in [4.69, 9.17) is 0 Å². The van der Waals surface area contributed by atoms with E-state index in [-0.39, 0.29) is 0 Å². The van der Waals surface area contributed by atoms with Crippen LogP contribution in [-0.2, 0) is 12.8 Å². The molecule has 0 unspecified atom stereocenters. The molecule has 25 heavy (non-hydrogen) atoms. The lowest BCUT2D eigenvalue weighted by molar-refractivity contribution is 1.03. The molecule has 0 radical (unpaired) electrons. The van der Waals surface area contributed by atoms with Crippen molar-refractivity contribution in [2.45, 2.75) is 19.8 Å². The maximum atomic E-state index is 4.51. The molecule has 0 aliphatic rings. The minimum Gasteiger partial charge on any atom is -0.280 e. The topological polar surface area (TPSA) is 44.8 Å². The lowest BCUT2D eigenvalue weighted by atomic mass is 10.1. The van der Waals surface area contributed by atoms with Crippen molar-refractivity contribution >= 4 is 17.3 Å². The zero-order valence-electron chi connectivity index (χ0n) is 14.4. The number of aromatic nitrogens is 3. The highest BCUT2D eigenvalue weighted by atomic mass is 15.4. The van der Waals surface area contributed by atoms with Crippen LogP contribution in [0.2, 0.25) is 0 Å². The fourth-order valence-electron chi connectivity index (χ4n) is 2.72. The summed E-state index contributed by atoms with van der Waals surface area (Å²) in [6.07, 6.45) is 5.53. The molecule has 4 heteroatoms. The van der Waals surface area contributed by atoms with Crippen LogP contribution >= 0.6 is 0 Å². The Bertz CT molecular complexity index is 791. The molecule has 4 nitrogen and oxygen atoms in total. The summed E-state index contributed by atoms with van der Waals surface area (Å²) in [5.74, 6) is 1.41. The first-order chi connectivity index (χ1) is 12.2. The fraction of sp³-hybridized carbons (Fsp3) is 0.143. The van der Waals surface area contributed by atoms with Crippen LogP contribution in [0.4, 0.5) is 17.3 Å². The number of anilines is 3. The van der Waals surface area contributed by atoms with E-state index in [9.17, 15) is 0 Å². The molecule has 1 N–H and O–H groups in total. The van der Waals surface area contributed by atoms with Crippen molar-refractivity contribution in [3.63, 3.8) is 0 Å². The maximum absolute atomic E-state index is 4.51. The normalized spacial score (nSPS) is 10.4. The molecule has 3 aromatic rings. The quantitative estimate of drug-likeness (QED) is 0.617. The van der Waals surface area contributed by atoms with Crippen LogP contribution in [0.1, 0.15) is 17.0 Å². The summed E-state index contributed by atoms with van der Waals surface area (Å²) >= 11 is 0. The predicted octanol–water partition coefficient (Wildman–Crippen LogP) is 5.04. The van der Waals surface area contributed by atoms with Crippen LogP contribution in [0.5, 0.6) is 0 Å². The van der Waals surface area contributed by atoms with Crippen molar-refractivity contribution in [3.8, 4) is 0 Å². The summed E-state index contributed by atoms with van der Waals surface area (Å²) < 4.78 is 0. The Balaban J connectivity index is 2.00. The van der Waals surface area contributed by atoms with Crippen LogP contribution < -0.4 is 4.90 Å². The first-order valence-corrected chi connectivity index (χ1v) is 8.30. The van der Waals surface area contributed by atoms with Crippen LogP contribution in [0, 0.1) is 6.92 Å². The van der Waals surface area contributed by atoms with Crippen LogP contribution in [0.15, 0.2) is 73.8 Å². The lowest BCUT2D eigenvalue weighted by Gasteiger charge is -2.22. The molecule has 126 valence electrons. The zero-order chi connectivity index (χ0) is 17.6. The molecular weight excluding hydrogens is 308 g/mol. The van der Waals surface area contributed by atoms with Gasteiger partial charge in [0.15, 0.2) is 0 Å². The number of nitrogens with one attached hydrogen (secondary N) is 1. The third-order valence-electron chi connectivity index (χ3n) is 3.95. The van der Waals surface area contributed by atoms with E-state index < -0.39 is 0 Å². The van der Waals surface area contributed by atoms with Crippen molar-refractivity contribution in [1.29, 1.82) is 0 Å². The van der Waals surface area contributed by atoms with E-state index >= 15 is 0 Å². The van der Waals surface area contributed by atoms with Gasteiger partial charge in [0.25, 0.3) is 0 Å². The monoisotopic (exact) mass is 330 g/mol. The molecule has 1 aromatic heterocycles. The lowest BCUT2D eigenvalue weighted by Crippen LogP contribution is -2.11. The van der Waals surface area contributed by atoms with Crippen LogP contribution in [0.3, 0.4) is 0 Å². The van der Waals surface area contributed by atoms with Crippen molar-refractivity contribution in [1.82, 2.24) is 15.2 Å². The molecule has 3 rings (SSSR count). The third kappa shape index (κ3) is 3.86. The average Bonchev–Trinajstić information content (AvgIpc) is 3.05. The minimum atomic E-state index is 0.699. The summed E-state index contributed by atoms with van der Waals surface area (Å²) in [6.45, 7) is 9.46. The molecule has 0 atom stereocenters. The SMILES string of the molecule is C=CCc1ccc(N(c2ccc(CC=C)cc2)c2nc(C)n[nH]2)cc1. The number of rotatable bonds is 7. The Labute approximate surface area is 148 Å². The highest BCUT2D eigenvalue weighted by molar-refractivity contribution is 5.72. The zero-order valence-corrected chi connectivity index (χ0v) is 14.4. The molecule has 0 aliphatic heterocycles. The number of hydrogen-bond acceptors (Lipinski definition) is 3. The Kier molecular flexibility index (Phi) is 5.09. The molecule has 0 amide bonds. The molecule has 0 bridgehead atoms. The molecular formula is C21H22N4. The van der Waals surface area contributed by atoms with E-state index in [2.05, 4.69) is 81.8 Å². The Morgan fingerprint density at radius 1 is 0.880 bits per heavy atom. The number of allylic oxidation sites excluding steroid dienone is 2. The number of nitrogens with zero attached hydrogens (tertiary/aromatic N) is 3. The van der Waals surface area contributed by atoms with Gasteiger partial charge in [0.05, 0.1) is 0 Å². The Morgan fingerprint density at radius 3 is 1.72 bits per heavy atom. The number of benzene rings is 2. The first kappa shape index (κ1) is 16.7. The number of aryl methyl sites for hydroxylation is 1. The van der Waals surface area contributed by atoms with Gasteiger partial charge < -0.3 is 0 Å². The highest BCUT2D eigenvalue weighted by Crippen LogP contribution is 2.32. The van der Waals surface area contributed by atoms with Gasteiger partial charge in [0.2, 0.25) is 5.95 Å². The summed E-state index contributed by atoms with van der Waals surface area (Å²) in [5, 5.41) is 7.19. The summed E-state index contributed by atoms with van der Waals surface area (Å²) in [7, 11) is 0. The second-order valence-electron chi connectivity index (χ2n) is 5.86. The van der Waals surface area contributed by atoms with Gasteiger partial charge >= 0.3 is 0 Å². The largest absolute Gasteiger partial charge is 0.280 e. The molecule has 2 aromatic carbocycles. The van der Waals surface area contributed by atoms with Crippen LogP contribution in [0.25, 0.3) is 0 Å². The fourth-order valence-corrected chi connectivity index (χ4v) is 2.72. The third-order valence-corrected chi connectivity index (χ3v) is 3.95. The van der Waals surface area contributed by atoms with E-state index in [1.165, 1.54) is 11.1 Å². The van der Waals surface area contributed by atoms with Gasteiger partial charge in [-0.3, -0.25) is 4.90 Å². The van der Waals surface area contributed by atoms with Gasteiger partial charge in [-0.2, -0.15) is 10.1 Å². The van der Waals surface area contributed by atoms with E-state index in [1.54, 1.807) is 0 Å². The van der Waals surface area contributed by atoms with E-state index in [0.717, 1.165) is 24.2 Å². The van der Waals surface area contributed by atoms with E-state index in [1.807, 2.05) is 19.1 Å². The second kappa shape index (κ2) is 7.62. The van der Waals surface area contributed by atoms with Crippen molar-refractivity contribution in [2.24, 2.45) is 0 Å². The molecule has 0 fully saturated rings. The molecule has 1 heterocycles. The van der Waals surface area contributed by atoms with Crippen molar-refractivity contribution in [3.05, 3.63) is 90.8 Å². The van der Waals surface area contributed by atoms with Gasteiger partial charge in [-0.1, -0.05) is 36.4 Å². The van der Waals surface area contributed by atoms with E-state index in [0.29, 0.717) is 11.8 Å². The maximum Gasteiger partial charge on any atom is 0.230 e. The van der Waals surface area contributed by atoms with Gasteiger partial charge in [0.1, 0.15) is 5.82 Å². The van der Waals surface area contributed by atoms with Gasteiger partial charge in [0, 0.05) is 11.4 Å². The number of H-pyrrole nitrogens is 1. The summed E-state index contributed by atoms with van der Waals surface area (Å²) in [5.41, 5.74) is 4.52. The predicted molar refractivity (Wildman–Crippen MR) is 104 cm³/mol. The van der Waals surface area contributed by atoms with Gasteiger partial charge in [-0.25, -0.2) is 5.10 Å². The molecule has 0 spiro atoms. The smallest absolute Gasteiger partial charge is 0.230 e. The van der Waals surface area contributed by atoms with Crippen molar-refractivity contribution in [2.75, 3.05) is 4.90 Å².